The Labute approximate surface area is 195 Å². The van der Waals surface area contributed by atoms with Gasteiger partial charge in [0.05, 0.1) is 26.7 Å². The van der Waals surface area contributed by atoms with Crippen LogP contribution in [0.2, 0.25) is 0 Å². The number of nitrogens with zero attached hydrogens (tertiary/aromatic N) is 2. The summed E-state index contributed by atoms with van der Waals surface area (Å²) < 4.78 is 23.8. The van der Waals surface area contributed by atoms with E-state index in [2.05, 4.69) is 4.98 Å². The Bertz CT molecular complexity index is 1180. The van der Waals surface area contributed by atoms with E-state index >= 15 is 0 Å². The van der Waals surface area contributed by atoms with E-state index in [0.29, 0.717) is 51.3 Å². The zero-order valence-electron chi connectivity index (χ0n) is 19.3. The third kappa shape index (κ3) is 4.29. The first-order chi connectivity index (χ1) is 16.0. The molecular formula is C24H29N2O6S+. The number of aromatic nitrogens is 2. The fourth-order valence-corrected chi connectivity index (χ4v) is 5.40. The van der Waals surface area contributed by atoms with E-state index < -0.39 is 10.9 Å². The Kier molecular flexibility index (Phi) is 6.88. The van der Waals surface area contributed by atoms with Gasteiger partial charge in [-0.15, -0.1) is 0 Å². The van der Waals surface area contributed by atoms with Gasteiger partial charge < -0.3 is 24.1 Å². The lowest BCUT2D eigenvalue weighted by atomic mass is 9.92. The Morgan fingerprint density at radius 1 is 1.15 bits per heavy atom. The van der Waals surface area contributed by atoms with Crippen LogP contribution < -0.4 is 24.5 Å². The molecule has 0 bridgehead atoms. The summed E-state index contributed by atoms with van der Waals surface area (Å²) in [6, 6.07) is 7.21. The smallest absolute Gasteiger partial charge is 0.311 e. The fraction of sp³-hybridized carbons (Fsp3) is 0.417. The minimum atomic E-state index is -0.535. The van der Waals surface area contributed by atoms with E-state index in [9.17, 15) is 9.90 Å². The van der Waals surface area contributed by atoms with Crippen molar-refractivity contribution in [1.29, 1.82) is 0 Å². The molecule has 2 aromatic heterocycles. The van der Waals surface area contributed by atoms with Crippen LogP contribution in [0.3, 0.4) is 0 Å². The molecule has 1 unspecified atom stereocenters. The molecule has 0 amide bonds. The summed E-state index contributed by atoms with van der Waals surface area (Å²) in [5, 5.41) is 11.6. The number of pyridine rings is 2. The lowest BCUT2D eigenvalue weighted by molar-refractivity contribution is 0.308. The maximum Gasteiger partial charge on any atom is 0.311 e. The molecule has 0 radical (unpaired) electrons. The summed E-state index contributed by atoms with van der Waals surface area (Å²) in [7, 11) is 4.11. The average molecular weight is 474 g/mol. The van der Waals surface area contributed by atoms with Gasteiger partial charge in [-0.2, -0.15) is 0 Å². The van der Waals surface area contributed by atoms with E-state index in [0.717, 1.165) is 19.3 Å². The van der Waals surface area contributed by atoms with Gasteiger partial charge in [0.2, 0.25) is 5.75 Å². The Morgan fingerprint density at radius 2 is 1.85 bits per heavy atom. The number of benzene rings is 1. The molecule has 0 saturated heterocycles. The molecule has 1 atom stereocenters. The van der Waals surface area contributed by atoms with Gasteiger partial charge in [-0.3, -0.25) is 9.36 Å². The molecule has 0 spiro atoms. The van der Waals surface area contributed by atoms with Crippen LogP contribution in [-0.2, 0) is 10.9 Å². The van der Waals surface area contributed by atoms with Gasteiger partial charge in [-0.25, -0.2) is 4.98 Å². The minimum Gasteiger partial charge on any atom is -0.503 e. The van der Waals surface area contributed by atoms with Gasteiger partial charge in [0.25, 0.3) is 4.90 Å². The molecule has 1 fully saturated rings. The standard InChI is InChI=1S/C24H28N2O6S/c1-29-18-13-16(14-19(30-2)21(18)31-3)32-11-12-33(4)22-20(27)17-9-6-10-25-23(17)26(24(22)28)15-7-5-8-15/h6,9-10,13-15H,5,7-8,11-12H2,1-4H3/p+1. The molecule has 3 aromatic rings. The Balaban J connectivity index is 1.58. The molecule has 8 nitrogen and oxygen atoms in total. The van der Waals surface area contributed by atoms with E-state index in [1.807, 2.05) is 12.3 Å². The van der Waals surface area contributed by atoms with Gasteiger partial charge in [-0.05, 0) is 31.4 Å². The van der Waals surface area contributed by atoms with Crippen molar-refractivity contribution in [1.82, 2.24) is 9.55 Å². The molecule has 1 aromatic carbocycles. The van der Waals surface area contributed by atoms with E-state index in [4.69, 9.17) is 18.9 Å². The first kappa shape index (κ1) is 23.1. The average Bonchev–Trinajstić information content (AvgIpc) is 2.79. The molecule has 1 N–H and O–H groups in total. The molecule has 4 rings (SSSR count). The van der Waals surface area contributed by atoms with Crippen LogP contribution in [0.1, 0.15) is 25.3 Å². The fourth-order valence-electron chi connectivity index (χ4n) is 4.03. The lowest BCUT2D eigenvalue weighted by Crippen LogP contribution is -2.33. The number of fused-ring (bicyclic) bond motifs is 1. The second kappa shape index (κ2) is 9.82. The zero-order valence-corrected chi connectivity index (χ0v) is 20.1. The molecule has 2 heterocycles. The number of methoxy groups -OCH3 is 3. The summed E-state index contributed by atoms with van der Waals surface area (Å²) in [6.45, 7) is 0.353. The summed E-state index contributed by atoms with van der Waals surface area (Å²) in [6.07, 6.45) is 6.63. The number of rotatable bonds is 9. The van der Waals surface area contributed by atoms with Crippen LogP contribution in [0.4, 0.5) is 0 Å². The quantitative estimate of drug-likeness (QED) is 0.475. The second-order valence-electron chi connectivity index (χ2n) is 7.86. The first-order valence-corrected chi connectivity index (χ1v) is 12.6. The van der Waals surface area contributed by atoms with Gasteiger partial charge in [-0.1, -0.05) is 0 Å². The highest BCUT2D eigenvalue weighted by Crippen LogP contribution is 2.41. The predicted molar refractivity (Wildman–Crippen MR) is 129 cm³/mol. The first-order valence-electron chi connectivity index (χ1n) is 10.8. The van der Waals surface area contributed by atoms with Crippen molar-refractivity contribution in [2.24, 2.45) is 0 Å². The van der Waals surface area contributed by atoms with Crippen molar-refractivity contribution < 1.29 is 24.1 Å². The summed E-state index contributed by atoms with van der Waals surface area (Å²) in [4.78, 5) is 18.3. The van der Waals surface area contributed by atoms with E-state index in [1.54, 1.807) is 50.3 Å². The summed E-state index contributed by atoms with van der Waals surface area (Å²) in [5.41, 5.74) is 0.404. The number of ether oxygens (including phenoxy) is 4. The molecular weight excluding hydrogens is 444 g/mol. The Hall–Kier alpha value is -3.07. The molecule has 1 aliphatic carbocycles. The number of hydrogen-bond acceptors (Lipinski definition) is 7. The van der Waals surface area contributed by atoms with Crippen molar-refractivity contribution in [3.63, 3.8) is 0 Å². The summed E-state index contributed by atoms with van der Waals surface area (Å²) >= 11 is 0. The van der Waals surface area contributed by atoms with Crippen LogP contribution in [0.5, 0.6) is 28.7 Å². The van der Waals surface area contributed by atoms with Crippen LogP contribution in [0, 0.1) is 0 Å². The van der Waals surface area contributed by atoms with Gasteiger partial charge in [0, 0.05) is 35.3 Å². The summed E-state index contributed by atoms with van der Waals surface area (Å²) in [5.74, 6) is 2.66. The van der Waals surface area contributed by atoms with Crippen LogP contribution >= 0.6 is 0 Å². The largest absolute Gasteiger partial charge is 0.503 e. The van der Waals surface area contributed by atoms with Gasteiger partial charge in [0.15, 0.2) is 17.2 Å². The van der Waals surface area contributed by atoms with Crippen LogP contribution in [0.15, 0.2) is 40.2 Å². The van der Waals surface area contributed by atoms with Gasteiger partial charge >= 0.3 is 5.56 Å². The normalized spacial score (nSPS) is 14.5. The number of hydrogen-bond donors (Lipinski definition) is 1. The maximum atomic E-state index is 13.4. The molecule has 9 heteroatoms. The highest BCUT2D eigenvalue weighted by molar-refractivity contribution is 7.96. The SMILES string of the molecule is COc1cc(OCC[S+](C)c2c(O)c3cccnc3n(C3CCC3)c2=O)cc(OC)c1OC. The van der Waals surface area contributed by atoms with Crippen molar-refractivity contribution in [2.75, 3.05) is 39.9 Å². The Morgan fingerprint density at radius 3 is 2.42 bits per heavy atom. The molecule has 33 heavy (non-hydrogen) atoms. The van der Waals surface area contributed by atoms with Crippen molar-refractivity contribution in [3.05, 3.63) is 40.8 Å². The highest BCUT2D eigenvalue weighted by atomic mass is 32.2. The third-order valence-corrected chi connectivity index (χ3v) is 7.83. The van der Waals surface area contributed by atoms with Crippen molar-refractivity contribution >= 4 is 21.9 Å². The molecule has 1 aliphatic rings. The number of aromatic hydroxyl groups is 1. The van der Waals surface area contributed by atoms with Gasteiger partial charge in [0.1, 0.15) is 30.0 Å². The molecule has 176 valence electrons. The molecule has 1 saturated carbocycles. The van der Waals surface area contributed by atoms with Crippen LogP contribution in [0.25, 0.3) is 11.0 Å². The monoisotopic (exact) mass is 473 g/mol. The lowest BCUT2D eigenvalue weighted by Gasteiger charge is -2.28. The maximum absolute atomic E-state index is 13.4. The highest BCUT2D eigenvalue weighted by Gasteiger charge is 2.33. The van der Waals surface area contributed by atoms with Crippen LogP contribution in [-0.4, -0.2) is 54.6 Å². The van der Waals surface area contributed by atoms with E-state index in [-0.39, 0.29) is 17.4 Å². The van der Waals surface area contributed by atoms with Crippen molar-refractivity contribution in [2.45, 2.75) is 30.2 Å². The minimum absolute atomic E-state index is 0.0253. The van der Waals surface area contributed by atoms with Crippen molar-refractivity contribution in [3.8, 4) is 28.7 Å². The molecule has 0 aliphatic heterocycles. The second-order valence-corrected chi connectivity index (χ2v) is 9.95. The predicted octanol–water partition coefficient (Wildman–Crippen LogP) is 3.54. The zero-order chi connectivity index (χ0) is 23.5. The third-order valence-electron chi connectivity index (χ3n) is 5.98. The topological polar surface area (TPSA) is 92.0 Å². The van der Waals surface area contributed by atoms with E-state index in [1.165, 1.54) is 0 Å².